The van der Waals surface area contributed by atoms with Crippen molar-refractivity contribution >= 4 is 23.4 Å². The standard InChI is InChI=1S/C16H12F2N2OS/c17-13-5-6-15(14(18)7-13)20-16(21)10-22-9-12-4-2-1-3-11(12)8-19/h1-7H,9-10H2,(H,20,21). The quantitative estimate of drug-likeness (QED) is 0.914. The molecule has 0 heterocycles. The summed E-state index contributed by atoms with van der Waals surface area (Å²) in [6.07, 6.45) is 0. The van der Waals surface area contributed by atoms with Crippen LogP contribution < -0.4 is 5.32 Å². The molecular formula is C16H12F2N2OS. The molecule has 0 saturated heterocycles. The number of nitrogens with zero attached hydrogens (tertiary/aromatic N) is 1. The minimum atomic E-state index is -0.812. The Bertz CT molecular complexity index is 728. The van der Waals surface area contributed by atoms with Gasteiger partial charge >= 0.3 is 0 Å². The van der Waals surface area contributed by atoms with Gasteiger partial charge in [0.05, 0.1) is 23.1 Å². The van der Waals surface area contributed by atoms with E-state index in [1.54, 1.807) is 12.1 Å². The fourth-order valence-corrected chi connectivity index (χ4v) is 2.62. The zero-order valence-corrected chi connectivity index (χ0v) is 12.3. The summed E-state index contributed by atoms with van der Waals surface area (Å²) in [7, 11) is 0. The van der Waals surface area contributed by atoms with Gasteiger partial charge in [0.2, 0.25) is 5.91 Å². The van der Waals surface area contributed by atoms with Gasteiger partial charge in [-0.3, -0.25) is 4.79 Å². The maximum absolute atomic E-state index is 13.4. The molecule has 0 saturated carbocycles. The molecule has 2 aromatic rings. The number of carbonyl (C=O) groups excluding carboxylic acids is 1. The molecule has 0 unspecified atom stereocenters. The van der Waals surface area contributed by atoms with E-state index >= 15 is 0 Å². The normalized spacial score (nSPS) is 10.0. The van der Waals surface area contributed by atoms with Gasteiger partial charge in [-0.2, -0.15) is 5.26 Å². The van der Waals surface area contributed by atoms with Gasteiger partial charge in [0.1, 0.15) is 11.6 Å². The Morgan fingerprint density at radius 1 is 1.23 bits per heavy atom. The molecule has 0 spiro atoms. The number of hydrogen-bond donors (Lipinski definition) is 1. The van der Waals surface area contributed by atoms with Crippen LogP contribution in [0.15, 0.2) is 42.5 Å². The summed E-state index contributed by atoms with van der Waals surface area (Å²) < 4.78 is 26.2. The number of anilines is 1. The first-order valence-corrected chi connectivity index (χ1v) is 7.56. The molecule has 112 valence electrons. The summed E-state index contributed by atoms with van der Waals surface area (Å²) in [5.41, 5.74) is 1.36. The first kappa shape index (κ1) is 16.0. The third kappa shape index (κ3) is 4.30. The number of rotatable bonds is 5. The van der Waals surface area contributed by atoms with Gasteiger partial charge in [0.15, 0.2) is 0 Å². The van der Waals surface area contributed by atoms with Gasteiger partial charge in [-0.1, -0.05) is 18.2 Å². The highest BCUT2D eigenvalue weighted by Crippen LogP contribution is 2.18. The van der Waals surface area contributed by atoms with Gasteiger partial charge in [0.25, 0.3) is 0 Å². The van der Waals surface area contributed by atoms with Crippen LogP contribution in [0.25, 0.3) is 0 Å². The summed E-state index contributed by atoms with van der Waals surface area (Å²) in [4.78, 5) is 11.7. The number of nitrogens with one attached hydrogen (secondary N) is 1. The van der Waals surface area contributed by atoms with E-state index in [2.05, 4.69) is 11.4 Å². The average Bonchev–Trinajstić information content (AvgIpc) is 2.50. The smallest absolute Gasteiger partial charge is 0.234 e. The van der Waals surface area contributed by atoms with Gasteiger partial charge in [0, 0.05) is 11.8 Å². The molecule has 0 aliphatic carbocycles. The SMILES string of the molecule is N#Cc1ccccc1CSCC(=O)Nc1ccc(F)cc1F. The van der Waals surface area contributed by atoms with E-state index in [4.69, 9.17) is 5.26 Å². The van der Waals surface area contributed by atoms with Crippen molar-refractivity contribution in [2.24, 2.45) is 0 Å². The van der Waals surface area contributed by atoms with Crippen LogP contribution >= 0.6 is 11.8 Å². The minimum absolute atomic E-state index is 0.0515. The van der Waals surface area contributed by atoms with E-state index in [1.165, 1.54) is 17.8 Å². The van der Waals surface area contributed by atoms with Gasteiger partial charge in [-0.15, -0.1) is 11.8 Å². The Morgan fingerprint density at radius 3 is 2.73 bits per heavy atom. The van der Waals surface area contributed by atoms with E-state index in [-0.39, 0.29) is 17.3 Å². The molecular weight excluding hydrogens is 306 g/mol. The number of benzene rings is 2. The number of thioether (sulfide) groups is 1. The lowest BCUT2D eigenvalue weighted by atomic mass is 10.1. The third-order valence-electron chi connectivity index (χ3n) is 2.83. The fraction of sp³-hybridized carbons (Fsp3) is 0.125. The summed E-state index contributed by atoms with van der Waals surface area (Å²) >= 11 is 1.31. The molecule has 1 amide bonds. The van der Waals surface area contributed by atoms with Crippen molar-refractivity contribution in [2.45, 2.75) is 5.75 Å². The largest absolute Gasteiger partial charge is 0.323 e. The predicted molar refractivity (Wildman–Crippen MR) is 82.3 cm³/mol. The topological polar surface area (TPSA) is 52.9 Å². The van der Waals surface area contributed by atoms with Crippen molar-refractivity contribution in [3.8, 4) is 6.07 Å². The van der Waals surface area contributed by atoms with Crippen molar-refractivity contribution in [1.82, 2.24) is 0 Å². The van der Waals surface area contributed by atoms with Crippen molar-refractivity contribution in [2.75, 3.05) is 11.1 Å². The van der Waals surface area contributed by atoms with Gasteiger partial charge in [-0.05, 0) is 23.8 Å². The molecule has 1 N–H and O–H groups in total. The molecule has 0 aliphatic heterocycles. The predicted octanol–water partition coefficient (Wildman–Crippen LogP) is 3.71. The van der Waals surface area contributed by atoms with Crippen molar-refractivity contribution < 1.29 is 13.6 Å². The van der Waals surface area contributed by atoms with E-state index in [0.29, 0.717) is 17.4 Å². The minimum Gasteiger partial charge on any atom is -0.323 e. The van der Waals surface area contributed by atoms with Crippen LogP contribution in [0.4, 0.5) is 14.5 Å². The Kier molecular flexibility index (Phi) is 5.50. The van der Waals surface area contributed by atoms with E-state index < -0.39 is 11.6 Å². The Balaban J connectivity index is 1.87. The second-order valence-electron chi connectivity index (χ2n) is 4.43. The fourth-order valence-electron chi connectivity index (χ4n) is 1.79. The molecule has 2 rings (SSSR count). The Morgan fingerprint density at radius 2 is 2.00 bits per heavy atom. The Hall–Kier alpha value is -2.39. The molecule has 22 heavy (non-hydrogen) atoms. The first-order chi connectivity index (χ1) is 10.6. The monoisotopic (exact) mass is 318 g/mol. The van der Waals surface area contributed by atoms with Crippen LogP contribution in [0.3, 0.4) is 0 Å². The highest BCUT2D eigenvalue weighted by molar-refractivity contribution is 7.99. The number of nitriles is 1. The third-order valence-corrected chi connectivity index (χ3v) is 3.82. The molecule has 2 aromatic carbocycles. The van der Waals surface area contributed by atoms with Crippen molar-refractivity contribution in [3.63, 3.8) is 0 Å². The molecule has 0 aliphatic rings. The summed E-state index contributed by atoms with van der Waals surface area (Å²) in [5, 5.41) is 11.3. The van der Waals surface area contributed by atoms with Gasteiger partial charge in [-0.25, -0.2) is 8.78 Å². The summed E-state index contributed by atoms with van der Waals surface area (Å²) in [6, 6.07) is 12.2. The zero-order valence-electron chi connectivity index (χ0n) is 11.5. The lowest BCUT2D eigenvalue weighted by Crippen LogP contribution is -2.15. The zero-order chi connectivity index (χ0) is 15.9. The molecule has 0 aromatic heterocycles. The number of carbonyl (C=O) groups is 1. The highest BCUT2D eigenvalue weighted by Gasteiger charge is 2.09. The van der Waals surface area contributed by atoms with Crippen LogP contribution in [0, 0.1) is 23.0 Å². The summed E-state index contributed by atoms with van der Waals surface area (Å²) in [5.74, 6) is -1.28. The number of hydrogen-bond acceptors (Lipinski definition) is 3. The molecule has 6 heteroatoms. The maximum Gasteiger partial charge on any atom is 0.234 e. The van der Waals surface area contributed by atoms with Crippen LogP contribution in [-0.4, -0.2) is 11.7 Å². The summed E-state index contributed by atoms with van der Waals surface area (Å²) in [6.45, 7) is 0. The van der Waals surface area contributed by atoms with E-state index in [1.807, 2.05) is 12.1 Å². The molecule has 0 bridgehead atoms. The second-order valence-corrected chi connectivity index (χ2v) is 5.42. The highest BCUT2D eigenvalue weighted by atomic mass is 32.2. The van der Waals surface area contributed by atoms with Gasteiger partial charge < -0.3 is 5.32 Å². The van der Waals surface area contributed by atoms with Crippen LogP contribution in [0.5, 0.6) is 0 Å². The molecule has 0 fully saturated rings. The molecule has 0 atom stereocenters. The van der Waals surface area contributed by atoms with E-state index in [9.17, 15) is 13.6 Å². The van der Waals surface area contributed by atoms with Crippen molar-refractivity contribution in [1.29, 1.82) is 5.26 Å². The maximum atomic E-state index is 13.4. The van der Waals surface area contributed by atoms with Crippen LogP contribution in [0.1, 0.15) is 11.1 Å². The molecule has 0 radical (unpaired) electrons. The average molecular weight is 318 g/mol. The van der Waals surface area contributed by atoms with E-state index in [0.717, 1.165) is 11.6 Å². The van der Waals surface area contributed by atoms with Crippen LogP contribution in [0.2, 0.25) is 0 Å². The first-order valence-electron chi connectivity index (χ1n) is 6.41. The Labute approximate surface area is 131 Å². The molecule has 3 nitrogen and oxygen atoms in total. The number of amides is 1. The van der Waals surface area contributed by atoms with Crippen LogP contribution in [-0.2, 0) is 10.5 Å². The lowest BCUT2D eigenvalue weighted by Gasteiger charge is -2.07. The number of halogens is 2. The lowest BCUT2D eigenvalue weighted by molar-refractivity contribution is -0.113. The van der Waals surface area contributed by atoms with Crippen molar-refractivity contribution in [3.05, 3.63) is 65.2 Å². The second kappa shape index (κ2) is 7.57.